The molecule has 38 heavy (non-hydrogen) atoms. The van der Waals surface area contributed by atoms with Gasteiger partial charge in [0.25, 0.3) is 11.8 Å². The van der Waals surface area contributed by atoms with Gasteiger partial charge in [-0.25, -0.2) is 4.79 Å². The standard InChI is InChI=1S/C29H32N4O5/c1-5-32-15-13-21(14-16-32)27(35)31-22-11-9-20(10-12-22)23-7-6-8-24-25(23)17-33(28(24)36)19(3)26(34)30-18(2)29(37)38-4/h6-12,21H,2-3,5,13-17H2,1,4H3,(H,30,34)(H,31,35). The smallest absolute Gasteiger partial charge is 0.353 e. The van der Waals surface area contributed by atoms with Gasteiger partial charge >= 0.3 is 5.97 Å². The summed E-state index contributed by atoms with van der Waals surface area (Å²) in [5, 5.41) is 5.34. The lowest BCUT2D eigenvalue weighted by Gasteiger charge is -2.30. The predicted molar refractivity (Wildman–Crippen MR) is 144 cm³/mol. The molecule has 0 saturated carbocycles. The molecular formula is C29H32N4O5. The lowest BCUT2D eigenvalue weighted by Crippen LogP contribution is -2.37. The Morgan fingerprint density at radius 2 is 1.68 bits per heavy atom. The zero-order valence-electron chi connectivity index (χ0n) is 21.7. The number of fused-ring (bicyclic) bond motifs is 1. The topological polar surface area (TPSA) is 108 Å². The number of carbonyl (C=O) groups excluding carboxylic acids is 4. The molecule has 0 unspecified atom stereocenters. The normalized spacial score (nSPS) is 15.5. The van der Waals surface area contributed by atoms with Crippen molar-refractivity contribution in [3.63, 3.8) is 0 Å². The van der Waals surface area contributed by atoms with Crippen LogP contribution in [-0.2, 0) is 25.7 Å². The first-order valence-electron chi connectivity index (χ1n) is 12.6. The van der Waals surface area contributed by atoms with Crippen molar-refractivity contribution < 1.29 is 23.9 Å². The molecule has 2 N–H and O–H groups in total. The molecule has 9 heteroatoms. The van der Waals surface area contributed by atoms with Gasteiger partial charge in [-0.15, -0.1) is 0 Å². The lowest BCUT2D eigenvalue weighted by atomic mass is 9.95. The fraction of sp³-hybridized carbons (Fsp3) is 0.310. The van der Waals surface area contributed by atoms with Crippen LogP contribution < -0.4 is 10.6 Å². The van der Waals surface area contributed by atoms with Crippen LogP contribution in [0.1, 0.15) is 35.7 Å². The third kappa shape index (κ3) is 5.52. The van der Waals surface area contributed by atoms with Crippen molar-refractivity contribution in [2.75, 3.05) is 32.1 Å². The van der Waals surface area contributed by atoms with Gasteiger partial charge in [0, 0.05) is 17.2 Å². The molecule has 0 spiro atoms. The van der Waals surface area contributed by atoms with E-state index in [1.807, 2.05) is 30.3 Å². The van der Waals surface area contributed by atoms with Crippen LogP contribution in [0.15, 0.2) is 67.0 Å². The molecule has 0 aromatic heterocycles. The minimum atomic E-state index is -0.786. The van der Waals surface area contributed by atoms with E-state index in [1.165, 1.54) is 12.0 Å². The summed E-state index contributed by atoms with van der Waals surface area (Å²) in [4.78, 5) is 53.6. The summed E-state index contributed by atoms with van der Waals surface area (Å²) in [7, 11) is 1.17. The summed E-state index contributed by atoms with van der Waals surface area (Å²) in [6.45, 7) is 12.4. The number of piperidine rings is 1. The number of rotatable bonds is 8. The maximum atomic E-state index is 13.1. The number of nitrogens with one attached hydrogen (secondary N) is 2. The van der Waals surface area contributed by atoms with Crippen LogP contribution in [0.3, 0.4) is 0 Å². The van der Waals surface area contributed by atoms with Gasteiger partial charge in [-0.3, -0.25) is 19.3 Å². The predicted octanol–water partition coefficient (Wildman–Crippen LogP) is 3.30. The van der Waals surface area contributed by atoms with Crippen molar-refractivity contribution in [2.45, 2.75) is 26.3 Å². The van der Waals surface area contributed by atoms with Crippen molar-refractivity contribution in [1.29, 1.82) is 0 Å². The van der Waals surface area contributed by atoms with Gasteiger partial charge in [0.1, 0.15) is 11.4 Å². The average Bonchev–Trinajstić information content (AvgIpc) is 3.28. The van der Waals surface area contributed by atoms with Crippen LogP contribution in [0.4, 0.5) is 5.69 Å². The summed E-state index contributed by atoms with van der Waals surface area (Å²) < 4.78 is 4.53. The maximum Gasteiger partial charge on any atom is 0.353 e. The maximum absolute atomic E-state index is 13.1. The van der Waals surface area contributed by atoms with E-state index in [-0.39, 0.29) is 35.7 Å². The highest BCUT2D eigenvalue weighted by Crippen LogP contribution is 2.34. The number of ether oxygens (including phenoxy) is 1. The Morgan fingerprint density at radius 1 is 1.03 bits per heavy atom. The Kier molecular flexibility index (Phi) is 8.07. The SMILES string of the molecule is C=C(NC(=O)C(=C)N1Cc2c(cccc2-c2ccc(NC(=O)C3CCN(CC)CC3)cc2)C1=O)C(=O)OC. The van der Waals surface area contributed by atoms with Gasteiger partial charge < -0.3 is 20.3 Å². The van der Waals surface area contributed by atoms with Crippen LogP contribution >= 0.6 is 0 Å². The highest BCUT2D eigenvalue weighted by Gasteiger charge is 2.33. The fourth-order valence-corrected chi connectivity index (χ4v) is 4.82. The molecule has 1 saturated heterocycles. The molecule has 3 amide bonds. The minimum absolute atomic E-state index is 0.0157. The molecule has 2 aliphatic heterocycles. The zero-order chi connectivity index (χ0) is 27.4. The molecule has 2 aromatic carbocycles. The molecule has 2 aliphatic rings. The molecule has 0 radical (unpaired) electrons. The zero-order valence-corrected chi connectivity index (χ0v) is 21.7. The van der Waals surface area contributed by atoms with E-state index >= 15 is 0 Å². The molecule has 9 nitrogen and oxygen atoms in total. The summed E-state index contributed by atoms with van der Waals surface area (Å²) in [6, 6.07) is 12.9. The first-order valence-corrected chi connectivity index (χ1v) is 12.6. The number of anilines is 1. The summed E-state index contributed by atoms with van der Waals surface area (Å²) >= 11 is 0. The van der Waals surface area contributed by atoms with Crippen LogP contribution in [0, 0.1) is 5.92 Å². The Balaban J connectivity index is 1.45. The number of esters is 1. The highest BCUT2D eigenvalue weighted by molar-refractivity contribution is 6.08. The first-order chi connectivity index (χ1) is 18.2. The molecule has 2 heterocycles. The largest absolute Gasteiger partial charge is 0.464 e. The van der Waals surface area contributed by atoms with E-state index in [1.54, 1.807) is 12.1 Å². The molecule has 4 rings (SSSR count). The molecule has 0 atom stereocenters. The first kappa shape index (κ1) is 26.8. The Hall–Kier alpha value is -4.24. The molecule has 0 bridgehead atoms. The highest BCUT2D eigenvalue weighted by atomic mass is 16.5. The van der Waals surface area contributed by atoms with E-state index in [0.717, 1.165) is 54.9 Å². The second-order valence-corrected chi connectivity index (χ2v) is 9.37. The molecule has 1 fully saturated rings. The summed E-state index contributed by atoms with van der Waals surface area (Å²) in [5.74, 6) is -1.80. The molecular weight excluding hydrogens is 484 g/mol. The van der Waals surface area contributed by atoms with Gasteiger partial charge in [-0.2, -0.15) is 0 Å². The second kappa shape index (κ2) is 11.4. The van der Waals surface area contributed by atoms with Crippen molar-refractivity contribution in [1.82, 2.24) is 15.1 Å². The van der Waals surface area contributed by atoms with Crippen molar-refractivity contribution in [2.24, 2.45) is 5.92 Å². The van der Waals surface area contributed by atoms with Crippen molar-refractivity contribution >= 4 is 29.4 Å². The number of hydrogen-bond donors (Lipinski definition) is 2. The van der Waals surface area contributed by atoms with Gasteiger partial charge in [-0.05, 0) is 67.4 Å². The minimum Gasteiger partial charge on any atom is -0.464 e. The number of methoxy groups -OCH3 is 1. The van der Waals surface area contributed by atoms with Gasteiger partial charge in [0.15, 0.2) is 0 Å². The van der Waals surface area contributed by atoms with Crippen molar-refractivity contribution in [3.8, 4) is 11.1 Å². The van der Waals surface area contributed by atoms with Crippen LogP contribution in [0.5, 0.6) is 0 Å². The van der Waals surface area contributed by atoms with E-state index in [0.29, 0.717) is 5.56 Å². The van der Waals surface area contributed by atoms with Crippen LogP contribution in [-0.4, -0.2) is 60.2 Å². The van der Waals surface area contributed by atoms with Gasteiger partial charge in [-0.1, -0.05) is 44.3 Å². The number of carbonyl (C=O) groups is 4. The Morgan fingerprint density at radius 3 is 2.32 bits per heavy atom. The molecule has 0 aliphatic carbocycles. The fourth-order valence-electron chi connectivity index (χ4n) is 4.82. The second-order valence-electron chi connectivity index (χ2n) is 9.37. The van der Waals surface area contributed by atoms with E-state index in [2.05, 4.69) is 40.4 Å². The summed E-state index contributed by atoms with van der Waals surface area (Å²) in [6.07, 6.45) is 1.72. The summed E-state index contributed by atoms with van der Waals surface area (Å²) in [5.41, 5.74) is 3.32. The average molecular weight is 517 g/mol. The molecule has 198 valence electrons. The third-order valence-corrected chi connectivity index (χ3v) is 7.12. The number of hydrogen-bond acceptors (Lipinski definition) is 6. The third-order valence-electron chi connectivity index (χ3n) is 7.12. The van der Waals surface area contributed by atoms with Gasteiger partial charge in [0.2, 0.25) is 5.91 Å². The van der Waals surface area contributed by atoms with E-state index in [4.69, 9.17) is 0 Å². The number of nitrogens with zero attached hydrogens (tertiary/aromatic N) is 2. The van der Waals surface area contributed by atoms with Crippen molar-refractivity contribution in [3.05, 3.63) is 78.1 Å². The van der Waals surface area contributed by atoms with Crippen LogP contribution in [0.2, 0.25) is 0 Å². The molecule has 2 aromatic rings. The number of benzene rings is 2. The Labute approximate surface area is 222 Å². The van der Waals surface area contributed by atoms with Crippen LogP contribution in [0.25, 0.3) is 11.1 Å². The van der Waals surface area contributed by atoms with E-state index in [9.17, 15) is 19.2 Å². The Bertz CT molecular complexity index is 1290. The van der Waals surface area contributed by atoms with E-state index < -0.39 is 11.9 Å². The lowest BCUT2D eigenvalue weighted by molar-refractivity contribution is -0.137. The number of likely N-dealkylation sites (tertiary alicyclic amines) is 1. The monoisotopic (exact) mass is 516 g/mol. The van der Waals surface area contributed by atoms with Gasteiger partial charge in [0.05, 0.1) is 13.7 Å². The quantitative estimate of drug-likeness (QED) is 0.412. The number of amides is 3.